The molecule has 0 aromatic carbocycles. The van der Waals surface area contributed by atoms with E-state index in [-0.39, 0.29) is 19.4 Å². The first-order valence-corrected chi connectivity index (χ1v) is 7.74. The minimum absolute atomic E-state index is 0.135. The third-order valence-corrected chi connectivity index (χ3v) is 4.08. The van der Waals surface area contributed by atoms with E-state index in [2.05, 4.69) is 24.6 Å². The van der Waals surface area contributed by atoms with Gasteiger partial charge in [0.25, 0.3) is 0 Å². The Morgan fingerprint density at radius 3 is 1.64 bits per heavy atom. The first-order chi connectivity index (χ1) is 6.93. The number of rotatable bonds is 1. The zero-order chi connectivity index (χ0) is 10.1. The Morgan fingerprint density at radius 2 is 1.21 bits per heavy atom. The van der Waals surface area contributed by atoms with Gasteiger partial charge in [0.05, 0.1) is 0 Å². The van der Waals surface area contributed by atoms with E-state index in [1.807, 2.05) is 0 Å². The second-order valence-electron chi connectivity index (χ2n) is 3.46. The van der Waals surface area contributed by atoms with Crippen LogP contribution < -0.4 is 16.0 Å². The van der Waals surface area contributed by atoms with Gasteiger partial charge in [0, 0.05) is 0 Å². The molecule has 0 bridgehead atoms. The van der Waals surface area contributed by atoms with Gasteiger partial charge in [0.2, 0.25) is 0 Å². The number of nitrogens with zero attached hydrogens (tertiary/aromatic N) is 1. The molecule has 1 heterocycles. The predicted molar refractivity (Wildman–Crippen MR) is 56.0 cm³/mol. The summed E-state index contributed by atoms with van der Waals surface area (Å²) in [6.45, 7) is 9.08. The topological polar surface area (TPSA) is 39.3 Å². The fourth-order valence-corrected chi connectivity index (χ4v) is 2.54. The van der Waals surface area contributed by atoms with E-state index < -0.39 is 0 Å². The maximum atomic E-state index is 3.46. The van der Waals surface area contributed by atoms with Gasteiger partial charge in [-0.25, -0.2) is 0 Å². The Morgan fingerprint density at radius 1 is 0.786 bits per heavy atom. The van der Waals surface area contributed by atoms with Gasteiger partial charge in [-0.2, -0.15) is 0 Å². The van der Waals surface area contributed by atoms with Crippen molar-refractivity contribution in [2.24, 2.45) is 0 Å². The molecule has 1 aliphatic rings. The number of hydrogen-bond donors (Lipinski definition) is 3. The summed E-state index contributed by atoms with van der Waals surface area (Å²) in [5.41, 5.74) is 0. The van der Waals surface area contributed by atoms with Crippen LogP contribution in [0.1, 0.15) is 0 Å². The van der Waals surface area contributed by atoms with Crippen molar-refractivity contribution < 1.29 is 19.4 Å². The van der Waals surface area contributed by atoms with Gasteiger partial charge < -0.3 is 0 Å². The summed E-state index contributed by atoms with van der Waals surface area (Å²) in [5.74, 6) is 0. The van der Waals surface area contributed by atoms with Crippen molar-refractivity contribution in [2.45, 2.75) is 5.23 Å². The maximum absolute atomic E-state index is 3.46. The molecule has 3 N–H and O–H groups in total. The Labute approximate surface area is 96.4 Å². The molecule has 0 aromatic rings. The van der Waals surface area contributed by atoms with Gasteiger partial charge >= 0.3 is 96.3 Å². The molecule has 5 heteroatoms. The first kappa shape index (κ1) is 12.6. The third kappa shape index (κ3) is 6.12. The van der Waals surface area contributed by atoms with Gasteiger partial charge in [-0.1, -0.05) is 0 Å². The summed E-state index contributed by atoms with van der Waals surface area (Å²) in [5, 5.41) is 12.7. The third-order valence-electron chi connectivity index (χ3n) is 2.39. The molecule has 0 spiro atoms. The quantitative estimate of drug-likeness (QED) is 0.515. The van der Waals surface area contributed by atoms with Gasteiger partial charge in [0.1, 0.15) is 0 Å². The molecule has 0 aromatic heterocycles. The predicted octanol–water partition coefficient (Wildman–Crippen LogP) is -0.884. The Kier molecular flexibility index (Phi) is 7.96. The summed E-state index contributed by atoms with van der Waals surface area (Å²) < 4.78 is 2.61. The molecule has 0 atom stereocenters. The van der Waals surface area contributed by atoms with Crippen molar-refractivity contribution in [2.75, 3.05) is 52.4 Å². The van der Waals surface area contributed by atoms with Crippen molar-refractivity contribution in [1.29, 1.82) is 0 Å². The first-order valence-electron chi connectivity index (χ1n) is 5.48. The van der Waals surface area contributed by atoms with Crippen LogP contribution in [0.15, 0.2) is 0 Å². The summed E-state index contributed by atoms with van der Waals surface area (Å²) in [4.78, 5) is 0. The van der Waals surface area contributed by atoms with Crippen LogP contribution in [0.5, 0.6) is 0 Å². The zero-order valence-electron chi connectivity index (χ0n) is 9.10. The minimum atomic E-state index is 0.135. The Hall–Kier alpha value is 0.554. The summed E-state index contributed by atoms with van der Waals surface area (Å²) >= 11 is 0.135. The molecule has 0 radical (unpaired) electrons. The van der Waals surface area contributed by atoms with Crippen LogP contribution in [0.25, 0.3) is 0 Å². The molecule has 0 aliphatic carbocycles. The molecule has 1 aliphatic heterocycles. The standard InChI is InChI=1S/C8H19N4.CH3.Ti/c1-2-10-5-6-12-8-7-11-4-3-9-1;;/h9-11H,1-8H2;1H3;/q-1;;+1. The van der Waals surface area contributed by atoms with Crippen LogP contribution >= 0.6 is 0 Å². The van der Waals surface area contributed by atoms with Crippen molar-refractivity contribution in [3.63, 3.8) is 0 Å². The van der Waals surface area contributed by atoms with Crippen LogP contribution in [-0.2, 0) is 19.4 Å². The molecule has 1 fully saturated rings. The van der Waals surface area contributed by atoms with Crippen molar-refractivity contribution in [3.8, 4) is 0 Å². The van der Waals surface area contributed by atoms with E-state index in [0.29, 0.717) is 0 Å². The Balaban J connectivity index is 2.17. The molecule has 1 saturated heterocycles. The van der Waals surface area contributed by atoms with E-state index in [9.17, 15) is 0 Å². The molecule has 14 heavy (non-hydrogen) atoms. The van der Waals surface area contributed by atoms with Gasteiger partial charge in [-0.3, -0.25) is 0 Å². The van der Waals surface area contributed by atoms with E-state index in [0.717, 1.165) is 39.3 Å². The summed E-state index contributed by atoms with van der Waals surface area (Å²) in [6, 6.07) is 0. The molecule has 0 saturated carbocycles. The molecule has 82 valence electrons. The van der Waals surface area contributed by atoms with E-state index in [1.54, 1.807) is 0 Å². The molecular formula is C9H22N4Ti. The van der Waals surface area contributed by atoms with E-state index in [4.69, 9.17) is 0 Å². The zero-order valence-corrected chi connectivity index (χ0v) is 10.7. The normalized spacial score (nSPS) is 23.5. The fourth-order valence-electron chi connectivity index (χ4n) is 1.49. The number of hydrogen-bond acceptors (Lipinski definition) is 4. The van der Waals surface area contributed by atoms with Gasteiger partial charge in [0.15, 0.2) is 0 Å². The van der Waals surface area contributed by atoms with E-state index >= 15 is 0 Å². The van der Waals surface area contributed by atoms with Crippen molar-refractivity contribution in [1.82, 2.24) is 19.3 Å². The molecule has 1 rings (SSSR count). The van der Waals surface area contributed by atoms with Crippen LogP contribution in [0.4, 0.5) is 0 Å². The van der Waals surface area contributed by atoms with Gasteiger partial charge in [-0.05, 0) is 0 Å². The van der Waals surface area contributed by atoms with Crippen molar-refractivity contribution >= 4 is 0 Å². The van der Waals surface area contributed by atoms with Crippen LogP contribution in [0.2, 0.25) is 5.23 Å². The molecule has 0 amide bonds. The molecule has 4 nitrogen and oxygen atoms in total. The fraction of sp³-hybridized carbons (Fsp3) is 1.00. The average Bonchev–Trinajstić information content (AvgIpc) is 2.19. The van der Waals surface area contributed by atoms with Crippen LogP contribution in [0.3, 0.4) is 0 Å². The monoisotopic (exact) mass is 234 g/mol. The average molecular weight is 234 g/mol. The van der Waals surface area contributed by atoms with Crippen molar-refractivity contribution in [3.05, 3.63) is 0 Å². The molecular weight excluding hydrogens is 212 g/mol. The number of nitrogens with one attached hydrogen (secondary N) is 3. The summed E-state index contributed by atoms with van der Waals surface area (Å²) in [6.07, 6.45) is 0. The van der Waals surface area contributed by atoms with Gasteiger partial charge in [-0.15, -0.1) is 0 Å². The summed E-state index contributed by atoms with van der Waals surface area (Å²) in [7, 11) is 0. The SMILES string of the molecule is [CH3][Ti][N]1CCNCCNCCNCC1. The second-order valence-corrected chi connectivity index (χ2v) is 5.15. The Bertz CT molecular complexity index is 122. The van der Waals surface area contributed by atoms with E-state index in [1.165, 1.54) is 13.1 Å². The van der Waals surface area contributed by atoms with Crippen LogP contribution in [0, 0.1) is 0 Å². The molecule has 0 unspecified atom stereocenters. The van der Waals surface area contributed by atoms with Crippen LogP contribution in [-0.4, -0.2) is 55.7 Å². The second kappa shape index (κ2) is 8.83.